The average Bonchev–Trinajstić information content (AvgIpc) is 3.19. The fourth-order valence-electron chi connectivity index (χ4n) is 3.38. The number of aliphatic hydroxyl groups excluding tert-OH is 1. The van der Waals surface area contributed by atoms with Gasteiger partial charge in [-0.2, -0.15) is 13.6 Å². The van der Waals surface area contributed by atoms with E-state index in [2.05, 4.69) is 23.4 Å². The van der Waals surface area contributed by atoms with E-state index in [0.29, 0.717) is 11.3 Å². The number of rotatable bonds is 13. The second-order valence-electron chi connectivity index (χ2n) is 7.86. The predicted octanol–water partition coefficient (Wildman–Crippen LogP) is 2.00. The summed E-state index contributed by atoms with van der Waals surface area (Å²) in [5.41, 5.74) is 0.356. The minimum atomic E-state index is -5.71. The fraction of sp³-hybridized carbons (Fsp3) is 0.389. The Morgan fingerprint density at radius 3 is 2.50 bits per heavy atom. The van der Waals surface area contributed by atoms with Crippen LogP contribution in [0.4, 0.5) is 5.82 Å². The lowest BCUT2D eigenvalue weighted by molar-refractivity contribution is -0.0449. The van der Waals surface area contributed by atoms with Crippen LogP contribution in [0.15, 0.2) is 41.3 Å². The number of anilines is 1. The summed E-state index contributed by atoms with van der Waals surface area (Å²) in [4.78, 5) is 65.1. The average molecular weight is 663 g/mol. The zero-order valence-corrected chi connectivity index (χ0v) is 24.6. The summed E-state index contributed by atoms with van der Waals surface area (Å²) in [6.07, 6.45) is -0.826. The summed E-state index contributed by atoms with van der Waals surface area (Å²) < 4.78 is 52.2. The summed E-state index contributed by atoms with van der Waals surface area (Å²) >= 11 is 0. The van der Waals surface area contributed by atoms with Crippen molar-refractivity contribution in [3.05, 3.63) is 58.1 Å². The van der Waals surface area contributed by atoms with Crippen LogP contribution in [-0.4, -0.2) is 65.2 Å². The zero-order chi connectivity index (χ0) is 29.7. The molecule has 1 saturated heterocycles. The van der Waals surface area contributed by atoms with Crippen molar-refractivity contribution in [1.29, 1.82) is 0 Å². The maximum absolute atomic E-state index is 12.8. The Morgan fingerprint density at radius 1 is 1.15 bits per heavy atom. The molecule has 1 aromatic heterocycles. The van der Waals surface area contributed by atoms with Crippen LogP contribution < -0.4 is 11.0 Å². The van der Waals surface area contributed by atoms with Crippen LogP contribution in [0.1, 0.15) is 28.6 Å². The number of amides is 1. The summed E-state index contributed by atoms with van der Waals surface area (Å²) in [6, 6.07) is 8.29. The number of nitrogens with one attached hydrogen (secondary N) is 1. The number of carbonyl (C=O) groups is 1. The van der Waals surface area contributed by atoms with Gasteiger partial charge < -0.3 is 34.7 Å². The van der Waals surface area contributed by atoms with Gasteiger partial charge in [-0.25, -0.2) is 18.5 Å². The van der Waals surface area contributed by atoms with Gasteiger partial charge in [-0.3, -0.25) is 13.9 Å². The summed E-state index contributed by atoms with van der Waals surface area (Å²) in [5, 5.41) is 12.8. The quantitative estimate of drug-likeness (QED) is 0.132. The van der Waals surface area contributed by atoms with E-state index in [1.807, 2.05) is 12.3 Å². The molecule has 1 fully saturated rings. The first-order valence-corrected chi connectivity index (χ1v) is 18.1. The van der Waals surface area contributed by atoms with E-state index in [0.717, 1.165) is 10.1 Å². The molecule has 40 heavy (non-hydrogen) atoms. The molecule has 0 bridgehead atoms. The minimum absolute atomic E-state index is 0.0404. The van der Waals surface area contributed by atoms with Crippen LogP contribution in [0.2, 0.25) is 0 Å². The summed E-state index contributed by atoms with van der Waals surface area (Å²) in [7, 11) is -13.6. The Labute approximate surface area is 234 Å². The normalized spacial score (nSPS) is 22.4. The molecule has 17 nitrogen and oxygen atoms in total. The third kappa shape index (κ3) is 9.86. The topological polar surface area (TPSA) is 253 Å². The number of nitrogens with zero attached hydrogens (tertiary/aromatic N) is 2. The molecular weight excluding hydrogens is 639 g/mol. The van der Waals surface area contributed by atoms with Crippen molar-refractivity contribution in [2.45, 2.75) is 30.6 Å². The molecule has 0 saturated carbocycles. The van der Waals surface area contributed by atoms with Crippen LogP contribution in [0.25, 0.3) is 0 Å². The summed E-state index contributed by atoms with van der Waals surface area (Å²) in [5.74, 6) is 0.0759. The summed E-state index contributed by atoms with van der Waals surface area (Å²) in [6.45, 7) is -0.897. The largest absolute Gasteiger partial charge is 0.490 e. The standard InChI is InChI=1S/C18H24N3O14P3S2/c1-39-40-10-11-4-2-3-5-12(11)17(23)19-15-6-7-21(18(24)20-15)16-8-13(22)14(33-16)9-32-37(28,29)35-38(30,31)34-36(25,26)27/h2-7,13-14,16,22H,8-10H2,1H3,(H,28,29)(H,30,31)(H2,25,26,27)(H,19,20,23,24)/t13-,14-,16-/m1/s1. The lowest BCUT2D eigenvalue weighted by atomic mass is 10.1. The van der Waals surface area contributed by atoms with Crippen LogP contribution in [0, 0.1) is 0 Å². The van der Waals surface area contributed by atoms with E-state index in [9.17, 15) is 38.2 Å². The molecule has 2 heterocycles. The third-order valence-electron chi connectivity index (χ3n) is 5.00. The predicted molar refractivity (Wildman–Crippen MR) is 142 cm³/mol. The Kier molecular flexibility index (Phi) is 11.4. The van der Waals surface area contributed by atoms with Crippen LogP contribution >= 0.6 is 45.1 Å². The highest BCUT2D eigenvalue weighted by atomic mass is 33.1. The van der Waals surface area contributed by atoms with Crippen molar-refractivity contribution < 1.29 is 61.1 Å². The van der Waals surface area contributed by atoms with E-state index in [1.165, 1.54) is 12.3 Å². The van der Waals surface area contributed by atoms with Gasteiger partial charge in [0.15, 0.2) is 0 Å². The molecule has 0 spiro atoms. The molecule has 22 heteroatoms. The number of phosphoric acid groups is 3. The van der Waals surface area contributed by atoms with Crippen molar-refractivity contribution in [3.63, 3.8) is 0 Å². The molecule has 1 aliphatic rings. The molecule has 1 amide bonds. The monoisotopic (exact) mass is 663 g/mol. The lowest BCUT2D eigenvalue weighted by Crippen LogP contribution is -2.29. The highest BCUT2D eigenvalue weighted by Gasteiger charge is 2.43. The number of aromatic nitrogens is 2. The number of hydrogen-bond acceptors (Lipinski definition) is 13. The molecule has 2 aromatic rings. The van der Waals surface area contributed by atoms with Gasteiger partial charge in [0.25, 0.3) is 5.91 Å². The van der Waals surface area contributed by atoms with Gasteiger partial charge >= 0.3 is 29.2 Å². The van der Waals surface area contributed by atoms with E-state index < -0.39 is 60.1 Å². The number of carbonyl (C=O) groups excluding carboxylic acids is 1. The Bertz CT molecular complexity index is 1420. The molecule has 2 unspecified atom stereocenters. The molecule has 0 aliphatic carbocycles. The van der Waals surface area contributed by atoms with Gasteiger partial charge in [-0.05, 0) is 24.0 Å². The Hall–Kier alpha value is -1.40. The van der Waals surface area contributed by atoms with Crippen LogP contribution in [0.3, 0.4) is 0 Å². The number of benzene rings is 1. The first kappa shape index (κ1) is 33.1. The third-order valence-corrected chi connectivity index (χ3v) is 10.5. The highest BCUT2D eigenvalue weighted by Crippen LogP contribution is 2.66. The zero-order valence-electron chi connectivity index (χ0n) is 20.3. The maximum atomic E-state index is 12.8. The number of aliphatic hydroxyl groups is 1. The van der Waals surface area contributed by atoms with Gasteiger partial charge in [-0.15, -0.1) is 0 Å². The van der Waals surface area contributed by atoms with Crippen LogP contribution in [-0.2, 0) is 37.3 Å². The lowest BCUT2D eigenvalue weighted by Gasteiger charge is -2.19. The molecule has 1 aromatic carbocycles. The van der Waals surface area contributed by atoms with E-state index in [1.54, 1.807) is 39.8 Å². The Morgan fingerprint density at radius 2 is 1.85 bits per heavy atom. The molecule has 5 atom stereocenters. The van der Waals surface area contributed by atoms with Crippen LogP contribution in [0.5, 0.6) is 0 Å². The van der Waals surface area contributed by atoms with Gasteiger partial charge in [0.2, 0.25) is 0 Å². The van der Waals surface area contributed by atoms with Gasteiger partial charge in [0.05, 0.1) is 12.7 Å². The molecule has 3 rings (SSSR count). The molecule has 0 radical (unpaired) electrons. The van der Waals surface area contributed by atoms with Crippen molar-refractivity contribution in [3.8, 4) is 0 Å². The minimum Gasteiger partial charge on any atom is -0.390 e. The first-order valence-electron chi connectivity index (χ1n) is 10.8. The first-order chi connectivity index (χ1) is 18.6. The van der Waals surface area contributed by atoms with E-state index in [-0.39, 0.29) is 12.2 Å². The molecule has 6 N–H and O–H groups in total. The van der Waals surface area contributed by atoms with Gasteiger partial charge in [-0.1, -0.05) is 39.8 Å². The van der Waals surface area contributed by atoms with E-state index in [4.69, 9.17) is 14.5 Å². The van der Waals surface area contributed by atoms with Gasteiger partial charge in [0, 0.05) is 23.9 Å². The van der Waals surface area contributed by atoms with Crippen molar-refractivity contribution in [2.75, 3.05) is 18.2 Å². The van der Waals surface area contributed by atoms with Crippen molar-refractivity contribution >= 4 is 56.8 Å². The van der Waals surface area contributed by atoms with E-state index >= 15 is 0 Å². The molecular formula is C18H24N3O14P3S2. The molecule has 222 valence electrons. The second-order valence-corrected chi connectivity index (χ2v) is 14.8. The fourth-order valence-corrected chi connectivity index (χ4v) is 7.64. The maximum Gasteiger partial charge on any atom is 0.490 e. The molecule has 1 aliphatic heterocycles. The SMILES string of the molecule is CSSCc1ccccc1C(=O)Nc1ccn([C@H]2C[C@@H](O)[C@@H](COP(=O)(O)OP(=O)(O)OP(=O)(O)O)O2)c(=O)n1. The highest BCUT2D eigenvalue weighted by molar-refractivity contribution is 8.76. The smallest absolute Gasteiger partial charge is 0.390 e. The second kappa shape index (κ2) is 13.7. The van der Waals surface area contributed by atoms with Crippen molar-refractivity contribution in [1.82, 2.24) is 9.55 Å². The Balaban J connectivity index is 1.62. The number of ether oxygens (including phenoxy) is 1. The number of phosphoric ester groups is 1. The van der Waals surface area contributed by atoms with Gasteiger partial charge in [0.1, 0.15) is 18.1 Å². The number of hydrogen-bond donors (Lipinski definition) is 6. The van der Waals surface area contributed by atoms with Crippen molar-refractivity contribution in [2.24, 2.45) is 0 Å².